The van der Waals surface area contributed by atoms with Gasteiger partial charge < -0.3 is 29.2 Å². The molecule has 4 rings (SSSR count). The number of benzene rings is 3. The number of carbonyl (C=O) groups is 1. The van der Waals surface area contributed by atoms with Gasteiger partial charge in [0.05, 0.1) is 32.4 Å². The Kier molecular flexibility index (Phi) is 8.73. The molecule has 3 aromatic carbocycles. The number of hydrogen-bond acceptors (Lipinski definition) is 6. The van der Waals surface area contributed by atoms with Crippen LogP contribution in [0.4, 0.5) is 5.69 Å². The van der Waals surface area contributed by atoms with Gasteiger partial charge in [0.1, 0.15) is 12.4 Å². The van der Waals surface area contributed by atoms with Crippen LogP contribution in [0, 0.1) is 13.8 Å². The van der Waals surface area contributed by atoms with E-state index in [-0.39, 0.29) is 12.0 Å². The molecule has 0 spiro atoms. The largest absolute Gasteiger partial charge is 0.493 e. The number of hydrogen-bond donors (Lipinski definition) is 1. The summed E-state index contributed by atoms with van der Waals surface area (Å²) >= 11 is 5.92. The Balaban J connectivity index is 1.61. The molecule has 0 amide bonds. The summed E-state index contributed by atoms with van der Waals surface area (Å²) in [6.07, 6.45) is 0.801. The summed E-state index contributed by atoms with van der Waals surface area (Å²) in [7, 11) is 3.27. The topological polar surface area (TPSA) is 69.3 Å². The first-order chi connectivity index (χ1) is 18.3. The molecule has 1 N–H and O–H groups in total. The lowest BCUT2D eigenvalue weighted by molar-refractivity contribution is 0.0526. The number of nitrogens with zero attached hydrogens (tertiary/aromatic N) is 1. The molecule has 0 saturated carbocycles. The van der Waals surface area contributed by atoms with Crippen molar-refractivity contribution in [1.29, 1.82) is 0 Å². The van der Waals surface area contributed by atoms with Crippen LogP contribution in [-0.4, -0.2) is 50.0 Å². The number of carbonyl (C=O) groups excluding carboxylic acids is 1. The maximum atomic E-state index is 12.0. The van der Waals surface area contributed by atoms with Crippen LogP contribution in [0.2, 0.25) is 0 Å². The van der Waals surface area contributed by atoms with Crippen LogP contribution >= 0.6 is 12.2 Å². The van der Waals surface area contributed by atoms with Gasteiger partial charge >= 0.3 is 5.97 Å². The Morgan fingerprint density at radius 3 is 2.39 bits per heavy atom. The molecule has 0 saturated heterocycles. The molecule has 1 aliphatic rings. The third-order valence-corrected chi connectivity index (χ3v) is 7.00. The molecule has 3 aromatic rings. The highest BCUT2D eigenvalue weighted by molar-refractivity contribution is 7.80. The summed E-state index contributed by atoms with van der Waals surface area (Å²) in [5.74, 6) is 1.66. The maximum absolute atomic E-state index is 12.0. The van der Waals surface area contributed by atoms with Crippen molar-refractivity contribution in [2.24, 2.45) is 0 Å². The third kappa shape index (κ3) is 6.02. The van der Waals surface area contributed by atoms with Crippen LogP contribution in [0.1, 0.15) is 45.6 Å². The van der Waals surface area contributed by atoms with Crippen molar-refractivity contribution in [3.8, 4) is 17.2 Å². The predicted octanol–water partition coefficient (Wildman–Crippen LogP) is 5.87. The van der Waals surface area contributed by atoms with Gasteiger partial charge in [-0.05, 0) is 98.6 Å². The van der Waals surface area contributed by atoms with Crippen molar-refractivity contribution in [2.45, 2.75) is 33.2 Å². The highest BCUT2D eigenvalue weighted by Crippen LogP contribution is 2.39. The smallest absolute Gasteiger partial charge is 0.338 e. The number of fused-ring (bicyclic) bond motifs is 1. The Hall–Kier alpha value is -3.78. The first-order valence-corrected chi connectivity index (χ1v) is 13.0. The van der Waals surface area contributed by atoms with Crippen LogP contribution < -0.4 is 19.5 Å². The van der Waals surface area contributed by atoms with Gasteiger partial charge in [0.15, 0.2) is 16.6 Å². The fourth-order valence-electron chi connectivity index (χ4n) is 4.67. The summed E-state index contributed by atoms with van der Waals surface area (Å²) in [6, 6.07) is 17.1. The normalized spacial score (nSPS) is 14.3. The second-order valence-corrected chi connectivity index (χ2v) is 9.56. The number of nitrogens with one attached hydrogen (secondary N) is 1. The molecule has 0 aliphatic carbocycles. The van der Waals surface area contributed by atoms with Crippen molar-refractivity contribution in [3.05, 3.63) is 82.4 Å². The average molecular weight is 535 g/mol. The summed E-state index contributed by atoms with van der Waals surface area (Å²) in [4.78, 5) is 14.2. The SMILES string of the molecule is CCOC(=O)c1ccc(OCC2c3cc(OC)c(OC)cc3CCN2C(=S)Nc2ccc(C)cc2C)cc1. The molecule has 0 aromatic heterocycles. The number of ether oxygens (including phenoxy) is 4. The molecule has 1 unspecified atom stereocenters. The van der Waals surface area contributed by atoms with Gasteiger partial charge in [-0.3, -0.25) is 0 Å². The zero-order valence-corrected chi connectivity index (χ0v) is 23.3. The number of methoxy groups -OCH3 is 2. The van der Waals surface area contributed by atoms with Crippen molar-refractivity contribution >= 4 is 29.0 Å². The zero-order chi connectivity index (χ0) is 27.2. The molecule has 0 bridgehead atoms. The Bertz CT molecular complexity index is 1310. The molecule has 1 atom stereocenters. The summed E-state index contributed by atoms with van der Waals surface area (Å²) in [5, 5.41) is 4.07. The highest BCUT2D eigenvalue weighted by Gasteiger charge is 2.31. The van der Waals surface area contributed by atoms with Crippen LogP contribution in [0.5, 0.6) is 17.2 Å². The molecule has 1 aliphatic heterocycles. The second kappa shape index (κ2) is 12.2. The van der Waals surface area contributed by atoms with Crippen molar-refractivity contribution in [3.63, 3.8) is 0 Å². The fraction of sp³-hybridized carbons (Fsp3) is 0.333. The van der Waals surface area contributed by atoms with E-state index in [0.717, 1.165) is 29.8 Å². The minimum Gasteiger partial charge on any atom is -0.493 e. The van der Waals surface area contributed by atoms with Gasteiger partial charge in [0, 0.05) is 12.2 Å². The first-order valence-electron chi connectivity index (χ1n) is 12.6. The number of anilines is 1. The molecule has 1 heterocycles. The molecule has 200 valence electrons. The van der Waals surface area contributed by atoms with Crippen molar-refractivity contribution in [2.75, 3.05) is 39.3 Å². The molecular weight excluding hydrogens is 500 g/mol. The highest BCUT2D eigenvalue weighted by atomic mass is 32.1. The molecule has 7 nitrogen and oxygen atoms in total. The standard InChI is InChI=1S/C30H34N2O5S/c1-6-36-29(33)21-8-10-23(11-9-21)37-18-26-24-17-28(35-5)27(34-4)16-22(24)13-14-32(26)30(38)31-25-12-7-19(2)15-20(25)3/h7-12,15-17,26H,6,13-14,18H2,1-5H3,(H,31,38). The zero-order valence-electron chi connectivity index (χ0n) is 22.5. The van der Waals surface area contributed by atoms with Crippen LogP contribution in [0.15, 0.2) is 54.6 Å². The third-order valence-electron chi connectivity index (χ3n) is 6.66. The lowest BCUT2D eigenvalue weighted by Gasteiger charge is -2.39. The summed E-state index contributed by atoms with van der Waals surface area (Å²) in [5.41, 5.74) is 6.03. The van der Waals surface area contributed by atoms with E-state index < -0.39 is 0 Å². The number of thiocarbonyl (C=S) groups is 1. The van der Waals surface area contributed by atoms with Gasteiger partial charge in [-0.1, -0.05) is 17.7 Å². The Morgan fingerprint density at radius 1 is 1.03 bits per heavy atom. The van der Waals surface area contributed by atoms with Crippen LogP contribution in [0.25, 0.3) is 0 Å². The molecule has 0 radical (unpaired) electrons. The van der Waals surface area contributed by atoms with E-state index in [9.17, 15) is 4.79 Å². The maximum Gasteiger partial charge on any atom is 0.338 e. The summed E-state index contributed by atoms with van der Waals surface area (Å²) < 4.78 is 22.5. The molecule has 0 fully saturated rings. The second-order valence-electron chi connectivity index (χ2n) is 9.17. The Labute approximate surface area is 229 Å². The van der Waals surface area contributed by atoms with E-state index in [1.54, 1.807) is 45.4 Å². The average Bonchev–Trinajstić information content (AvgIpc) is 2.92. The van der Waals surface area contributed by atoms with Crippen molar-refractivity contribution < 1.29 is 23.7 Å². The molecule has 38 heavy (non-hydrogen) atoms. The summed E-state index contributed by atoms with van der Waals surface area (Å²) in [6.45, 7) is 7.32. The van der Waals surface area contributed by atoms with Gasteiger partial charge in [0.25, 0.3) is 0 Å². The minimum absolute atomic E-state index is 0.172. The van der Waals surface area contributed by atoms with E-state index >= 15 is 0 Å². The quantitative estimate of drug-likeness (QED) is 0.284. The van der Waals surface area contributed by atoms with Gasteiger partial charge in [-0.2, -0.15) is 0 Å². The predicted molar refractivity (Wildman–Crippen MR) is 153 cm³/mol. The first kappa shape index (κ1) is 27.3. The molecular formula is C30H34N2O5S. The van der Waals surface area contributed by atoms with Gasteiger partial charge in [-0.25, -0.2) is 4.79 Å². The van der Waals surface area contributed by atoms with E-state index in [4.69, 9.17) is 31.2 Å². The van der Waals surface area contributed by atoms with Crippen LogP contribution in [-0.2, 0) is 11.2 Å². The van der Waals surface area contributed by atoms with Gasteiger partial charge in [-0.15, -0.1) is 0 Å². The van der Waals surface area contributed by atoms with E-state index in [0.29, 0.717) is 41.1 Å². The lowest BCUT2D eigenvalue weighted by atomic mass is 9.92. The van der Waals surface area contributed by atoms with Gasteiger partial charge in [0.2, 0.25) is 0 Å². The molecule has 8 heteroatoms. The minimum atomic E-state index is -0.352. The van der Waals surface area contributed by atoms with E-state index in [1.165, 1.54) is 11.1 Å². The number of aryl methyl sites for hydroxylation is 2. The number of esters is 1. The lowest BCUT2D eigenvalue weighted by Crippen LogP contribution is -2.44. The van der Waals surface area contributed by atoms with E-state index in [1.807, 2.05) is 12.1 Å². The van der Waals surface area contributed by atoms with E-state index in [2.05, 4.69) is 42.3 Å². The van der Waals surface area contributed by atoms with Crippen molar-refractivity contribution in [1.82, 2.24) is 4.90 Å². The van der Waals surface area contributed by atoms with Crippen LogP contribution in [0.3, 0.4) is 0 Å². The number of rotatable bonds is 8. The monoisotopic (exact) mass is 534 g/mol. The Morgan fingerprint density at radius 2 is 1.74 bits per heavy atom. The fourth-order valence-corrected chi connectivity index (χ4v) is 5.00.